The second kappa shape index (κ2) is 34.0. The molecule has 0 radical (unpaired) electrons. The molecule has 0 spiro atoms. The molecule has 1 aromatic rings. The van der Waals surface area contributed by atoms with Crippen molar-refractivity contribution in [3.8, 4) is 0 Å². The third kappa shape index (κ3) is 31.2. The molecule has 1 rings (SSSR count). The first-order valence-corrected chi connectivity index (χ1v) is 21.0. The molecular weight excluding hydrogens is 583 g/mol. The molecule has 0 aliphatic rings. The molecule has 258 valence electrons. The summed E-state index contributed by atoms with van der Waals surface area (Å²) in [4.78, 5) is -0.132. The summed E-state index contributed by atoms with van der Waals surface area (Å²) >= 11 is 0. The second-order valence-electron chi connectivity index (χ2n) is 13.8. The van der Waals surface area contributed by atoms with E-state index in [2.05, 4.69) is 6.92 Å². The fraction of sp³-hybridized carbons (Fsp3) is 0.850. The standard InChI is InChI=1S/C40H74O3S.Na/c1-2-3-4-5-6-7-8-9-10-11-12-13-14-15-16-17-18-19-20-21-22-23-24-25-26-27-28-29-30-31-32-33-34-39-35-37-40(38-36-39)44(41,42)43;/h35-38H,2-34H2,1H3,(H,41,42,43);/q;+1/p-1. The predicted molar refractivity (Wildman–Crippen MR) is 192 cm³/mol. The van der Waals surface area contributed by atoms with Gasteiger partial charge in [-0.25, -0.2) is 8.42 Å². The van der Waals surface area contributed by atoms with Crippen molar-refractivity contribution in [2.24, 2.45) is 0 Å². The monoisotopic (exact) mass is 657 g/mol. The Bertz CT molecular complexity index is 824. The average Bonchev–Trinajstić information content (AvgIpc) is 3.01. The molecule has 1 aromatic carbocycles. The van der Waals surface area contributed by atoms with Gasteiger partial charge >= 0.3 is 29.6 Å². The van der Waals surface area contributed by atoms with E-state index in [1.54, 1.807) is 12.1 Å². The van der Waals surface area contributed by atoms with Crippen LogP contribution in [0, 0.1) is 0 Å². The molecule has 0 unspecified atom stereocenters. The van der Waals surface area contributed by atoms with E-state index in [9.17, 15) is 13.0 Å². The Hall–Kier alpha value is 0.130. The zero-order valence-electron chi connectivity index (χ0n) is 30.3. The summed E-state index contributed by atoms with van der Waals surface area (Å²) in [6, 6.07) is 6.41. The van der Waals surface area contributed by atoms with Gasteiger partial charge in [0, 0.05) is 0 Å². The molecule has 0 saturated carbocycles. The topological polar surface area (TPSA) is 57.2 Å². The summed E-state index contributed by atoms with van der Waals surface area (Å²) in [6.07, 6.45) is 46.4. The van der Waals surface area contributed by atoms with Gasteiger partial charge in [-0.15, -0.1) is 0 Å². The quantitative estimate of drug-likeness (QED) is 0.0421. The number of hydrogen-bond acceptors (Lipinski definition) is 3. The third-order valence-corrected chi connectivity index (χ3v) is 10.4. The summed E-state index contributed by atoms with van der Waals surface area (Å²) in [5, 5.41) is 0. The number of aryl methyl sites for hydroxylation is 1. The Morgan fingerprint density at radius 1 is 0.400 bits per heavy atom. The van der Waals surface area contributed by atoms with E-state index < -0.39 is 10.1 Å². The van der Waals surface area contributed by atoms with Crippen LogP contribution in [-0.4, -0.2) is 13.0 Å². The summed E-state index contributed by atoms with van der Waals surface area (Å²) in [5.74, 6) is 0. The molecule has 0 aromatic heterocycles. The van der Waals surface area contributed by atoms with E-state index >= 15 is 0 Å². The number of rotatable bonds is 34. The summed E-state index contributed by atoms with van der Waals surface area (Å²) < 4.78 is 33.0. The van der Waals surface area contributed by atoms with Crippen molar-refractivity contribution < 1.29 is 42.5 Å². The smallest absolute Gasteiger partial charge is 0.744 e. The van der Waals surface area contributed by atoms with Gasteiger partial charge < -0.3 is 4.55 Å². The number of hydrogen-bond donors (Lipinski definition) is 0. The molecule has 5 heteroatoms. The molecular formula is C40H73NaO3S. The van der Waals surface area contributed by atoms with Crippen LogP contribution in [0.25, 0.3) is 0 Å². The third-order valence-electron chi connectivity index (χ3n) is 9.53. The predicted octanol–water partition coefficient (Wildman–Crippen LogP) is 10.6. The van der Waals surface area contributed by atoms with Crippen molar-refractivity contribution in [1.82, 2.24) is 0 Å². The summed E-state index contributed by atoms with van der Waals surface area (Å²) in [7, 11) is -4.33. The van der Waals surface area contributed by atoms with Crippen LogP contribution in [0.3, 0.4) is 0 Å². The maximum Gasteiger partial charge on any atom is 1.00 e. The molecule has 0 atom stereocenters. The normalized spacial score (nSPS) is 11.6. The van der Waals surface area contributed by atoms with E-state index in [0.717, 1.165) is 18.4 Å². The zero-order valence-corrected chi connectivity index (χ0v) is 33.1. The summed E-state index contributed by atoms with van der Waals surface area (Å²) in [5.41, 5.74) is 1.11. The van der Waals surface area contributed by atoms with Crippen molar-refractivity contribution in [1.29, 1.82) is 0 Å². The maximum atomic E-state index is 11.0. The molecule has 0 N–H and O–H groups in total. The first-order chi connectivity index (χ1) is 21.5. The van der Waals surface area contributed by atoms with Gasteiger partial charge in [-0.2, -0.15) is 0 Å². The van der Waals surface area contributed by atoms with Gasteiger partial charge in [0.1, 0.15) is 10.1 Å². The molecule has 0 amide bonds. The van der Waals surface area contributed by atoms with Crippen molar-refractivity contribution in [3.05, 3.63) is 29.8 Å². The average molecular weight is 657 g/mol. The molecule has 0 aliphatic heterocycles. The van der Waals surface area contributed by atoms with Gasteiger partial charge in [0.15, 0.2) is 0 Å². The van der Waals surface area contributed by atoms with Gasteiger partial charge in [0.25, 0.3) is 0 Å². The molecule has 3 nitrogen and oxygen atoms in total. The first-order valence-electron chi connectivity index (χ1n) is 19.6. The van der Waals surface area contributed by atoms with Gasteiger partial charge in [0.2, 0.25) is 0 Å². The SMILES string of the molecule is CCCCCCCCCCCCCCCCCCCCCCCCCCCCCCCCCCc1ccc(S(=O)(=O)[O-])cc1.[Na+]. The molecule has 0 saturated heterocycles. The maximum absolute atomic E-state index is 11.0. The van der Waals surface area contributed by atoms with Gasteiger partial charge in [0.05, 0.1) is 4.90 Å². The van der Waals surface area contributed by atoms with Gasteiger partial charge in [-0.05, 0) is 30.5 Å². The first kappa shape index (κ1) is 45.1. The minimum Gasteiger partial charge on any atom is -0.744 e. The molecule has 0 bridgehead atoms. The van der Waals surface area contributed by atoms with E-state index in [0.29, 0.717) is 0 Å². The Morgan fingerprint density at radius 3 is 0.844 bits per heavy atom. The van der Waals surface area contributed by atoms with Crippen molar-refractivity contribution in [2.45, 2.75) is 224 Å². The van der Waals surface area contributed by atoms with Crippen LogP contribution in [0.5, 0.6) is 0 Å². The fourth-order valence-corrected chi connectivity index (χ4v) is 7.00. The van der Waals surface area contributed by atoms with Gasteiger partial charge in [-0.1, -0.05) is 218 Å². The molecule has 0 aliphatic carbocycles. The van der Waals surface area contributed by atoms with Crippen molar-refractivity contribution in [3.63, 3.8) is 0 Å². The Balaban J connectivity index is 0.0000194. The van der Waals surface area contributed by atoms with Crippen LogP contribution in [0.15, 0.2) is 29.2 Å². The van der Waals surface area contributed by atoms with E-state index in [4.69, 9.17) is 0 Å². The van der Waals surface area contributed by atoms with Crippen LogP contribution in [0.2, 0.25) is 0 Å². The van der Waals surface area contributed by atoms with Crippen LogP contribution in [0.4, 0.5) is 0 Å². The van der Waals surface area contributed by atoms with Crippen LogP contribution < -0.4 is 29.6 Å². The number of unbranched alkanes of at least 4 members (excludes halogenated alkanes) is 31. The Morgan fingerprint density at radius 2 is 0.622 bits per heavy atom. The van der Waals surface area contributed by atoms with E-state index in [1.807, 2.05) is 0 Å². The Labute approximate surface area is 304 Å². The van der Waals surface area contributed by atoms with Crippen molar-refractivity contribution >= 4 is 10.1 Å². The Kier molecular flexibility index (Phi) is 34.1. The minimum absolute atomic E-state index is 0. The van der Waals surface area contributed by atoms with Crippen LogP contribution in [0.1, 0.15) is 218 Å². The fourth-order valence-electron chi connectivity index (χ4n) is 6.53. The molecule has 0 fully saturated rings. The van der Waals surface area contributed by atoms with E-state index in [-0.39, 0.29) is 34.5 Å². The van der Waals surface area contributed by atoms with Crippen molar-refractivity contribution in [2.75, 3.05) is 0 Å². The van der Waals surface area contributed by atoms with Gasteiger partial charge in [-0.3, -0.25) is 0 Å². The molecule has 0 heterocycles. The second-order valence-corrected chi connectivity index (χ2v) is 15.2. The van der Waals surface area contributed by atoms with Crippen LogP contribution >= 0.6 is 0 Å². The number of benzene rings is 1. The van der Waals surface area contributed by atoms with Crippen LogP contribution in [-0.2, 0) is 16.5 Å². The zero-order chi connectivity index (χ0) is 31.8. The largest absolute Gasteiger partial charge is 1.00 e. The molecule has 45 heavy (non-hydrogen) atoms. The minimum atomic E-state index is -4.33. The van der Waals surface area contributed by atoms with E-state index in [1.165, 1.54) is 211 Å². The summed E-state index contributed by atoms with van der Waals surface area (Å²) in [6.45, 7) is 2.30.